The first-order valence-corrected chi connectivity index (χ1v) is 7.23. The molecule has 0 spiro atoms. The van der Waals surface area contributed by atoms with Gasteiger partial charge in [-0.1, -0.05) is 28.1 Å². The van der Waals surface area contributed by atoms with E-state index in [0.717, 1.165) is 36.9 Å². The molecule has 0 saturated carbocycles. The Morgan fingerprint density at radius 2 is 2.17 bits per heavy atom. The number of carbonyl (C=O) groups is 1. The van der Waals surface area contributed by atoms with Gasteiger partial charge in [-0.3, -0.25) is 4.79 Å². The Bertz CT molecular complexity index is 416. The van der Waals surface area contributed by atoms with Crippen molar-refractivity contribution in [1.82, 2.24) is 10.2 Å². The van der Waals surface area contributed by atoms with Gasteiger partial charge < -0.3 is 10.2 Å². The molecule has 98 valence electrons. The van der Waals surface area contributed by atoms with E-state index in [1.165, 1.54) is 5.56 Å². The third-order valence-electron chi connectivity index (χ3n) is 3.29. The van der Waals surface area contributed by atoms with Crippen LogP contribution >= 0.6 is 15.9 Å². The first kappa shape index (κ1) is 13.6. The summed E-state index contributed by atoms with van der Waals surface area (Å²) in [5.41, 5.74) is 1.19. The summed E-state index contributed by atoms with van der Waals surface area (Å²) in [5, 5.41) is 3.29. The Hall–Kier alpha value is -0.870. The highest BCUT2D eigenvalue weighted by Crippen LogP contribution is 2.12. The number of carbonyl (C=O) groups excluding carboxylic acids is 1. The molecule has 1 saturated heterocycles. The van der Waals surface area contributed by atoms with Gasteiger partial charge in [0.15, 0.2) is 0 Å². The second-order valence-electron chi connectivity index (χ2n) is 4.76. The molecule has 0 radical (unpaired) electrons. The molecule has 1 amide bonds. The zero-order valence-corrected chi connectivity index (χ0v) is 12.2. The second kappa shape index (κ2) is 6.34. The van der Waals surface area contributed by atoms with Gasteiger partial charge in [0.25, 0.3) is 0 Å². The highest BCUT2D eigenvalue weighted by Gasteiger charge is 2.22. The van der Waals surface area contributed by atoms with Gasteiger partial charge in [0.2, 0.25) is 5.91 Å². The van der Waals surface area contributed by atoms with Crippen molar-refractivity contribution in [2.75, 3.05) is 13.1 Å². The summed E-state index contributed by atoms with van der Waals surface area (Å²) >= 11 is 3.45. The van der Waals surface area contributed by atoms with Gasteiger partial charge in [-0.25, -0.2) is 0 Å². The summed E-state index contributed by atoms with van der Waals surface area (Å²) in [5.74, 6) is 0.225. The molecular formula is C14H19BrN2O. The molecule has 1 N–H and O–H groups in total. The predicted molar refractivity (Wildman–Crippen MR) is 76.3 cm³/mol. The summed E-state index contributed by atoms with van der Waals surface area (Å²) in [6, 6.07) is 8.03. The lowest BCUT2D eigenvalue weighted by molar-refractivity contribution is -0.131. The molecule has 0 aliphatic carbocycles. The van der Waals surface area contributed by atoms with E-state index in [4.69, 9.17) is 0 Å². The number of hydrogen-bond donors (Lipinski definition) is 1. The molecule has 2 rings (SSSR count). The maximum absolute atomic E-state index is 12.1. The van der Waals surface area contributed by atoms with Crippen LogP contribution in [0.4, 0.5) is 0 Å². The fraction of sp³-hybridized carbons (Fsp3) is 0.500. The van der Waals surface area contributed by atoms with Crippen LogP contribution in [0.5, 0.6) is 0 Å². The van der Waals surface area contributed by atoms with Crippen LogP contribution in [0, 0.1) is 0 Å². The molecule has 1 aliphatic heterocycles. The van der Waals surface area contributed by atoms with Gasteiger partial charge >= 0.3 is 0 Å². The van der Waals surface area contributed by atoms with E-state index in [1.807, 2.05) is 24.0 Å². The van der Waals surface area contributed by atoms with Crippen molar-refractivity contribution in [2.24, 2.45) is 0 Å². The fourth-order valence-corrected chi connectivity index (χ4v) is 2.66. The number of halogens is 1. The van der Waals surface area contributed by atoms with Gasteiger partial charge in [0.1, 0.15) is 0 Å². The summed E-state index contributed by atoms with van der Waals surface area (Å²) < 4.78 is 1.07. The molecule has 1 fully saturated rings. The van der Waals surface area contributed by atoms with Crippen molar-refractivity contribution in [1.29, 1.82) is 0 Å². The smallest absolute Gasteiger partial charge is 0.239 e. The average Bonchev–Trinajstić information content (AvgIpc) is 2.89. The Balaban J connectivity index is 1.84. The van der Waals surface area contributed by atoms with Crippen LogP contribution in [-0.2, 0) is 11.3 Å². The van der Waals surface area contributed by atoms with Gasteiger partial charge in [-0.05, 0) is 37.5 Å². The average molecular weight is 311 g/mol. The maximum Gasteiger partial charge on any atom is 0.239 e. The number of benzene rings is 1. The molecule has 1 aromatic carbocycles. The lowest BCUT2D eigenvalue weighted by Crippen LogP contribution is -2.43. The van der Waals surface area contributed by atoms with Crippen molar-refractivity contribution in [3.8, 4) is 0 Å². The molecule has 1 heterocycles. The monoisotopic (exact) mass is 310 g/mol. The van der Waals surface area contributed by atoms with Crippen LogP contribution in [0.15, 0.2) is 28.7 Å². The first-order valence-electron chi connectivity index (χ1n) is 6.43. The lowest BCUT2D eigenvalue weighted by Gasteiger charge is -2.21. The topological polar surface area (TPSA) is 32.3 Å². The molecule has 0 aromatic heterocycles. The zero-order chi connectivity index (χ0) is 13.0. The minimum atomic E-state index is -0.109. The molecule has 3 nitrogen and oxygen atoms in total. The lowest BCUT2D eigenvalue weighted by atomic mass is 10.2. The number of likely N-dealkylation sites (tertiary alicyclic amines) is 1. The second-order valence-corrected chi connectivity index (χ2v) is 5.68. The quantitative estimate of drug-likeness (QED) is 0.927. The van der Waals surface area contributed by atoms with Gasteiger partial charge in [-0.15, -0.1) is 0 Å². The molecule has 0 bridgehead atoms. The van der Waals surface area contributed by atoms with Crippen molar-refractivity contribution in [2.45, 2.75) is 32.4 Å². The van der Waals surface area contributed by atoms with E-state index in [-0.39, 0.29) is 11.9 Å². The highest BCUT2D eigenvalue weighted by molar-refractivity contribution is 9.10. The summed E-state index contributed by atoms with van der Waals surface area (Å²) in [7, 11) is 0. The standard InChI is InChI=1S/C14H19BrN2O/c1-11(14(18)17-7-2-3-8-17)16-10-12-5-4-6-13(15)9-12/h4-6,9,11,16H,2-3,7-8,10H2,1H3. The number of nitrogens with zero attached hydrogens (tertiary/aromatic N) is 1. The normalized spacial score (nSPS) is 16.9. The van der Waals surface area contributed by atoms with Crippen molar-refractivity contribution < 1.29 is 4.79 Å². The van der Waals surface area contributed by atoms with Crippen LogP contribution in [0.2, 0.25) is 0 Å². The number of nitrogens with one attached hydrogen (secondary N) is 1. The minimum Gasteiger partial charge on any atom is -0.341 e. The Kier molecular flexibility index (Phi) is 4.78. The van der Waals surface area contributed by atoms with Crippen molar-refractivity contribution >= 4 is 21.8 Å². The molecular weight excluding hydrogens is 292 g/mol. The van der Waals surface area contributed by atoms with E-state index < -0.39 is 0 Å². The summed E-state index contributed by atoms with van der Waals surface area (Å²) in [4.78, 5) is 14.0. The van der Waals surface area contributed by atoms with Crippen LogP contribution in [0.3, 0.4) is 0 Å². The third kappa shape index (κ3) is 3.56. The van der Waals surface area contributed by atoms with Crippen LogP contribution in [-0.4, -0.2) is 29.9 Å². The summed E-state index contributed by atoms with van der Waals surface area (Å²) in [6.07, 6.45) is 2.29. The first-order chi connectivity index (χ1) is 8.66. The minimum absolute atomic E-state index is 0.109. The van der Waals surface area contributed by atoms with E-state index in [0.29, 0.717) is 0 Å². The van der Waals surface area contributed by atoms with Crippen LogP contribution in [0.1, 0.15) is 25.3 Å². The third-order valence-corrected chi connectivity index (χ3v) is 3.78. The fourth-order valence-electron chi connectivity index (χ4n) is 2.22. The van der Waals surface area contributed by atoms with Crippen molar-refractivity contribution in [3.05, 3.63) is 34.3 Å². The molecule has 1 unspecified atom stereocenters. The van der Waals surface area contributed by atoms with E-state index in [9.17, 15) is 4.79 Å². The maximum atomic E-state index is 12.1. The SMILES string of the molecule is CC(NCc1cccc(Br)c1)C(=O)N1CCCC1. The van der Waals surface area contributed by atoms with Gasteiger partial charge in [-0.2, -0.15) is 0 Å². The van der Waals surface area contributed by atoms with E-state index >= 15 is 0 Å². The Morgan fingerprint density at radius 1 is 1.44 bits per heavy atom. The number of amides is 1. The molecule has 1 aliphatic rings. The van der Waals surface area contributed by atoms with Crippen LogP contribution in [0.25, 0.3) is 0 Å². The van der Waals surface area contributed by atoms with Crippen molar-refractivity contribution in [3.63, 3.8) is 0 Å². The number of rotatable bonds is 4. The van der Waals surface area contributed by atoms with Gasteiger partial charge in [0, 0.05) is 24.1 Å². The molecule has 1 atom stereocenters. The predicted octanol–water partition coefficient (Wildman–Crippen LogP) is 2.55. The summed E-state index contributed by atoms with van der Waals surface area (Å²) in [6.45, 7) is 4.50. The highest BCUT2D eigenvalue weighted by atomic mass is 79.9. The largest absolute Gasteiger partial charge is 0.341 e. The molecule has 1 aromatic rings. The van der Waals surface area contributed by atoms with Gasteiger partial charge in [0.05, 0.1) is 6.04 Å². The Morgan fingerprint density at radius 3 is 2.83 bits per heavy atom. The van der Waals surface area contributed by atoms with E-state index in [2.05, 4.69) is 33.4 Å². The van der Waals surface area contributed by atoms with Crippen LogP contribution < -0.4 is 5.32 Å². The molecule has 18 heavy (non-hydrogen) atoms. The molecule has 4 heteroatoms. The number of hydrogen-bond acceptors (Lipinski definition) is 2. The zero-order valence-electron chi connectivity index (χ0n) is 10.7. The van der Waals surface area contributed by atoms with E-state index in [1.54, 1.807) is 0 Å². The Labute approximate surface area is 117 Å².